The second kappa shape index (κ2) is 4.61. The number of rotatable bonds is 2. The summed E-state index contributed by atoms with van der Waals surface area (Å²) in [7, 11) is 1.86. The molecule has 0 aromatic carbocycles. The quantitative estimate of drug-likeness (QED) is 0.774. The number of nitrogens with zero attached hydrogens (tertiary/aromatic N) is 3. The Bertz CT molecular complexity index is 630. The molecule has 0 fully saturated rings. The van der Waals surface area contributed by atoms with Gasteiger partial charge in [-0.2, -0.15) is 5.10 Å². The summed E-state index contributed by atoms with van der Waals surface area (Å²) in [5.41, 5.74) is 3.83. The van der Waals surface area contributed by atoms with Gasteiger partial charge in [0.05, 0.1) is 23.4 Å². The monoisotopic (exact) mass is 255 g/mol. The third-order valence-corrected chi connectivity index (χ3v) is 4.01. The van der Waals surface area contributed by atoms with Crippen LogP contribution in [0.1, 0.15) is 46.1 Å². The fourth-order valence-corrected chi connectivity index (χ4v) is 2.79. The maximum atomic E-state index is 12.7. The van der Waals surface area contributed by atoms with Crippen LogP contribution < -0.4 is 0 Å². The van der Waals surface area contributed by atoms with E-state index in [1.165, 1.54) is 5.56 Å². The summed E-state index contributed by atoms with van der Waals surface area (Å²) in [4.78, 5) is 17.1. The molecule has 0 aliphatic heterocycles. The molecule has 2 heterocycles. The van der Waals surface area contributed by atoms with Crippen molar-refractivity contribution in [3.05, 3.63) is 47.0 Å². The molecule has 3 rings (SSSR count). The predicted molar refractivity (Wildman–Crippen MR) is 72.2 cm³/mol. The maximum Gasteiger partial charge on any atom is 0.175 e. The van der Waals surface area contributed by atoms with Gasteiger partial charge >= 0.3 is 0 Å². The first-order valence-electron chi connectivity index (χ1n) is 6.65. The van der Waals surface area contributed by atoms with Gasteiger partial charge in [0.2, 0.25) is 0 Å². The molecule has 1 unspecified atom stereocenters. The molecule has 0 bridgehead atoms. The van der Waals surface area contributed by atoms with E-state index in [4.69, 9.17) is 0 Å². The van der Waals surface area contributed by atoms with E-state index in [2.05, 4.69) is 16.1 Å². The molecule has 0 saturated carbocycles. The summed E-state index contributed by atoms with van der Waals surface area (Å²) in [6, 6.07) is 4.03. The fourth-order valence-electron chi connectivity index (χ4n) is 2.79. The van der Waals surface area contributed by atoms with Crippen LogP contribution in [0.3, 0.4) is 0 Å². The van der Waals surface area contributed by atoms with Gasteiger partial charge in [-0.05, 0) is 37.8 Å². The molecule has 2 aromatic heterocycles. The predicted octanol–water partition coefficient (Wildman–Crippen LogP) is 2.43. The van der Waals surface area contributed by atoms with E-state index in [0.29, 0.717) is 0 Å². The Labute approximate surface area is 112 Å². The van der Waals surface area contributed by atoms with Crippen molar-refractivity contribution < 1.29 is 4.79 Å². The van der Waals surface area contributed by atoms with E-state index in [1.807, 2.05) is 20.0 Å². The lowest BCUT2D eigenvalue weighted by Crippen LogP contribution is -2.20. The molecule has 1 aliphatic rings. The Hall–Kier alpha value is -1.97. The molecule has 0 amide bonds. The van der Waals surface area contributed by atoms with Crippen LogP contribution in [0, 0.1) is 6.92 Å². The fraction of sp³-hybridized carbons (Fsp3) is 0.400. The highest BCUT2D eigenvalue weighted by Gasteiger charge is 2.30. The largest absolute Gasteiger partial charge is 0.293 e. The first kappa shape index (κ1) is 12.1. The number of hydrogen-bond donors (Lipinski definition) is 0. The number of Topliss-reactive ketones (excluding diaryl/α,β-unsaturated/α-hetero) is 1. The van der Waals surface area contributed by atoms with Crippen LogP contribution in [0.2, 0.25) is 0 Å². The van der Waals surface area contributed by atoms with Crippen LogP contribution >= 0.6 is 0 Å². The zero-order valence-electron chi connectivity index (χ0n) is 11.3. The van der Waals surface area contributed by atoms with Crippen LogP contribution in [-0.2, 0) is 13.5 Å². The molecule has 1 aliphatic carbocycles. The second-order valence-electron chi connectivity index (χ2n) is 5.12. The number of aryl methyl sites for hydroxylation is 2. The second-order valence-corrected chi connectivity index (χ2v) is 5.12. The highest BCUT2D eigenvalue weighted by molar-refractivity contribution is 6.01. The number of carbonyl (C=O) groups excluding carboxylic acids is 1. The molecular formula is C15H17N3O. The zero-order chi connectivity index (χ0) is 13.4. The molecule has 4 heteroatoms. The van der Waals surface area contributed by atoms with Gasteiger partial charge < -0.3 is 0 Å². The van der Waals surface area contributed by atoms with E-state index >= 15 is 0 Å². The van der Waals surface area contributed by atoms with Crippen molar-refractivity contribution in [2.75, 3.05) is 0 Å². The van der Waals surface area contributed by atoms with Crippen molar-refractivity contribution >= 4 is 5.78 Å². The highest BCUT2D eigenvalue weighted by Crippen LogP contribution is 2.32. The van der Waals surface area contributed by atoms with E-state index in [0.717, 1.165) is 36.2 Å². The summed E-state index contributed by atoms with van der Waals surface area (Å²) in [5, 5.41) is 4.16. The van der Waals surface area contributed by atoms with Gasteiger partial charge in [-0.15, -0.1) is 0 Å². The number of carbonyl (C=O) groups is 1. The topological polar surface area (TPSA) is 47.8 Å². The number of ketones is 1. The average molecular weight is 255 g/mol. The molecule has 0 spiro atoms. The summed E-state index contributed by atoms with van der Waals surface area (Å²) in [6.07, 6.45) is 6.42. The lowest BCUT2D eigenvalue weighted by Gasteiger charge is -2.22. The van der Waals surface area contributed by atoms with Crippen LogP contribution in [0.25, 0.3) is 0 Å². The molecule has 0 N–H and O–H groups in total. The van der Waals surface area contributed by atoms with Crippen molar-refractivity contribution in [2.24, 2.45) is 7.05 Å². The minimum Gasteiger partial charge on any atom is -0.293 e. The van der Waals surface area contributed by atoms with E-state index in [1.54, 1.807) is 17.1 Å². The van der Waals surface area contributed by atoms with Crippen LogP contribution in [-0.4, -0.2) is 20.5 Å². The molecule has 1 atom stereocenters. The molecular weight excluding hydrogens is 238 g/mol. The smallest absolute Gasteiger partial charge is 0.175 e. The minimum atomic E-state index is -0.104. The Kier molecular flexibility index (Phi) is 2.93. The number of aromatic nitrogens is 3. The van der Waals surface area contributed by atoms with Gasteiger partial charge in [0, 0.05) is 18.9 Å². The normalized spacial score (nSPS) is 18.1. The Morgan fingerprint density at radius 1 is 1.47 bits per heavy atom. The van der Waals surface area contributed by atoms with E-state index in [-0.39, 0.29) is 11.7 Å². The summed E-state index contributed by atoms with van der Waals surface area (Å²) < 4.78 is 1.75. The molecule has 2 aromatic rings. The van der Waals surface area contributed by atoms with Crippen LogP contribution in [0.5, 0.6) is 0 Å². The standard InChI is InChI=1S/C15H17N3O/c1-10-13(9-17-18(10)2)15(19)12-7-3-5-11-6-4-8-16-14(11)12/h4,6,8-9,12H,3,5,7H2,1-2H3. The number of fused-ring (bicyclic) bond motifs is 1. The molecule has 4 nitrogen and oxygen atoms in total. The van der Waals surface area contributed by atoms with Crippen LogP contribution in [0.4, 0.5) is 0 Å². The highest BCUT2D eigenvalue weighted by atomic mass is 16.1. The lowest BCUT2D eigenvalue weighted by atomic mass is 9.82. The van der Waals surface area contributed by atoms with Gasteiger partial charge in [0.1, 0.15) is 0 Å². The van der Waals surface area contributed by atoms with E-state index < -0.39 is 0 Å². The Morgan fingerprint density at radius 2 is 2.32 bits per heavy atom. The van der Waals surface area contributed by atoms with Crippen molar-refractivity contribution in [3.8, 4) is 0 Å². The number of hydrogen-bond acceptors (Lipinski definition) is 3. The SMILES string of the molecule is Cc1c(C(=O)C2CCCc3cccnc32)cnn1C. The maximum absolute atomic E-state index is 12.7. The first-order valence-corrected chi connectivity index (χ1v) is 6.65. The molecule has 19 heavy (non-hydrogen) atoms. The minimum absolute atomic E-state index is 0.104. The van der Waals surface area contributed by atoms with Gasteiger partial charge in [-0.3, -0.25) is 14.5 Å². The third-order valence-electron chi connectivity index (χ3n) is 4.01. The summed E-state index contributed by atoms with van der Waals surface area (Å²) >= 11 is 0. The third kappa shape index (κ3) is 1.97. The van der Waals surface area contributed by atoms with Gasteiger partial charge in [-0.25, -0.2) is 0 Å². The average Bonchev–Trinajstić information content (AvgIpc) is 2.78. The number of pyridine rings is 1. The molecule has 98 valence electrons. The van der Waals surface area contributed by atoms with Crippen molar-refractivity contribution in [1.82, 2.24) is 14.8 Å². The Morgan fingerprint density at radius 3 is 3.05 bits per heavy atom. The summed E-state index contributed by atoms with van der Waals surface area (Å²) in [6.45, 7) is 1.93. The van der Waals surface area contributed by atoms with Crippen molar-refractivity contribution in [2.45, 2.75) is 32.1 Å². The van der Waals surface area contributed by atoms with Gasteiger partial charge in [0.15, 0.2) is 5.78 Å². The van der Waals surface area contributed by atoms with Crippen LogP contribution in [0.15, 0.2) is 24.5 Å². The van der Waals surface area contributed by atoms with E-state index in [9.17, 15) is 4.79 Å². The lowest BCUT2D eigenvalue weighted by molar-refractivity contribution is 0.0948. The first-order chi connectivity index (χ1) is 9.18. The Balaban J connectivity index is 2.00. The van der Waals surface area contributed by atoms with Gasteiger partial charge in [-0.1, -0.05) is 6.07 Å². The van der Waals surface area contributed by atoms with Gasteiger partial charge in [0.25, 0.3) is 0 Å². The summed E-state index contributed by atoms with van der Waals surface area (Å²) in [5.74, 6) is 0.0538. The van der Waals surface area contributed by atoms with Crippen molar-refractivity contribution in [1.29, 1.82) is 0 Å². The van der Waals surface area contributed by atoms with Crippen molar-refractivity contribution in [3.63, 3.8) is 0 Å². The zero-order valence-corrected chi connectivity index (χ0v) is 11.3. The molecule has 0 saturated heterocycles. The molecule has 0 radical (unpaired) electrons.